The molecule has 4 heteroatoms. The molecule has 2 N–H and O–H groups in total. The lowest BCUT2D eigenvalue weighted by atomic mass is 9.91. The summed E-state index contributed by atoms with van der Waals surface area (Å²) in [5.74, 6) is 0.407. The van der Waals surface area contributed by atoms with Crippen LogP contribution >= 0.6 is 11.8 Å². The molecular formula is C15H29NO2S. The maximum absolute atomic E-state index is 11.5. The Labute approximate surface area is 121 Å². The number of aliphatic carboxylic acids is 1. The molecule has 0 radical (unpaired) electrons. The number of hydrogen-bond acceptors (Lipinski definition) is 3. The highest BCUT2D eigenvalue weighted by molar-refractivity contribution is 7.99. The summed E-state index contributed by atoms with van der Waals surface area (Å²) in [6.45, 7) is 4.66. The fourth-order valence-corrected chi connectivity index (χ4v) is 4.23. The molecule has 0 aromatic rings. The maximum Gasteiger partial charge on any atom is 0.323 e. The minimum atomic E-state index is -0.706. The van der Waals surface area contributed by atoms with E-state index in [1.54, 1.807) is 0 Å². The van der Waals surface area contributed by atoms with E-state index in [1.807, 2.05) is 13.8 Å². The molecule has 0 aliphatic heterocycles. The van der Waals surface area contributed by atoms with E-state index < -0.39 is 11.5 Å². The topological polar surface area (TPSA) is 49.3 Å². The normalized spacial score (nSPS) is 20.1. The molecule has 1 atom stereocenters. The number of thioether (sulfide) groups is 1. The van der Waals surface area contributed by atoms with Gasteiger partial charge in [0.15, 0.2) is 0 Å². The van der Waals surface area contributed by atoms with Crippen molar-refractivity contribution in [1.82, 2.24) is 5.32 Å². The minimum absolute atomic E-state index is 0.657. The summed E-state index contributed by atoms with van der Waals surface area (Å²) in [6.07, 6.45) is 9.26. The van der Waals surface area contributed by atoms with Crippen molar-refractivity contribution in [2.45, 2.75) is 76.0 Å². The zero-order valence-electron chi connectivity index (χ0n) is 12.4. The Morgan fingerprint density at radius 2 is 2.00 bits per heavy atom. The molecule has 0 aromatic heterocycles. The van der Waals surface area contributed by atoms with Gasteiger partial charge in [-0.1, -0.05) is 33.1 Å². The van der Waals surface area contributed by atoms with Gasteiger partial charge in [0.1, 0.15) is 5.54 Å². The van der Waals surface area contributed by atoms with Gasteiger partial charge in [-0.2, -0.15) is 11.8 Å². The monoisotopic (exact) mass is 287 g/mol. The third-order valence-electron chi connectivity index (χ3n) is 4.18. The molecular weight excluding hydrogens is 258 g/mol. The lowest BCUT2D eigenvalue weighted by Gasteiger charge is -2.29. The van der Waals surface area contributed by atoms with Gasteiger partial charge in [0.05, 0.1) is 0 Å². The Bertz CT molecular complexity index is 267. The predicted octanol–water partition coefficient (Wildman–Crippen LogP) is 3.68. The zero-order chi connectivity index (χ0) is 14.1. The molecule has 1 unspecified atom stereocenters. The molecule has 0 bridgehead atoms. The lowest BCUT2D eigenvalue weighted by molar-refractivity contribution is -0.145. The molecule has 19 heavy (non-hydrogen) atoms. The first kappa shape index (κ1) is 16.8. The van der Waals surface area contributed by atoms with Crippen LogP contribution in [0.5, 0.6) is 0 Å². The van der Waals surface area contributed by atoms with Crippen LogP contribution in [0.3, 0.4) is 0 Å². The predicted molar refractivity (Wildman–Crippen MR) is 82.9 cm³/mol. The number of carbonyl (C=O) groups is 1. The smallest absolute Gasteiger partial charge is 0.323 e. The number of carboxylic acids is 1. The van der Waals surface area contributed by atoms with Crippen LogP contribution in [0.1, 0.15) is 65.2 Å². The second-order valence-corrected chi connectivity index (χ2v) is 6.91. The van der Waals surface area contributed by atoms with E-state index in [-0.39, 0.29) is 0 Å². The molecule has 0 saturated heterocycles. The van der Waals surface area contributed by atoms with Gasteiger partial charge < -0.3 is 10.4 Å². The minimum Gasteiger partial charge on any atom is -0.480 e. The summed E-state index contributed by atoms with van der Waals surface area (Å²) in [6, 6.07) is 0. The Hall–Kier alpha value is -0.220. The molecule has 1 fully saturated rings. The van der Waals surface area contributed by atoms with Crippen molar-refractivity contribution in [2.24, 2.45) is 0 Å². The first-order valence-electron chi connectivity index (χ1n) is 7.74. The van der Waals surface area contributed by atoms with Gasteiger partial charge in [-0.3, -0.25) is 4.79 Å². The molecule has 0 amide bonds. The number of carboxylic acid groups (broad SMARTS) is 1. The van der Waals surface area contributed by atoms with Crippen molar-refractivity contribution >= 4 is 17.7 Å². The molecule has 0 spiro atoms. The van der Waals surface area contributed by atoms with E-state index in [1.165, 1.54) is 32.1 Å². The van der Waals surface area contributed by atoms with Gasteiger partial charge in [-0.15, -0.1) is 0 Å². The summed E-state index contributed by atoms with van der Waals surface area (Å²) in [4.78, 5) is 11.5. The van der Waals surface area contributed by atoms with Gasteiger partial charge in [0.25, 0.3) is 0 Å². The third kappa shape index (κ3) is 5.35. The van der Waals surface area contributed by atoms with Crippen molar-refractivity contribution < 1.29 is 9.90 Å². The fraction of sp³-hybridized carbons (Fsp3) is 0.933. The van der Waals surface area contributed by atoms with Crippen molar-refractivity contribution in [3.05, 3.63) is 0 Å². The number of hydrogen-bond donors (Lipinski definition) is 2. The van der Waals surface area contributed by atoms with Crippen LogP contribution in [0.2, 0.25) is 0 Å². The second kappa shape index (κ2) is 8.85. The number of likely N-dealkylation sites (N-methyl/N-ethyl adjacent to an activating group) is 1. The summed E-state index contributed by atoms with van der Waals surface area (Å²) in [5, 5.41) is 13.4. The van der Waals surface area contributed by atoms with Gasteiger partial charge >= 0.3 is 5.97 Å². The largest absolute Gasteiger partial charge is 0.480 e. The second-order valence-electron chi connectivity index (χ2n) is 5.51. The Morgan fingerprint density at radius 3 is 2.53 bits per heavy atom. The third-order valence-corrected chi connectivity index (χ3v) is 5.65. The van der Waals surface area contributed by atoms with Gasteiger partial charge in [0.2, 0.25) is 0 Å². The highest BCUT2D eigenvalue weighted by Crippen LogP contribution is 2.29. The molecule has 1 rings (SSSR count). The molecule has 3 nitrogen and oxygen atoms in total. The summed E-state index contributed by atoms with van der Waals surface area (Å²) >= 11 is 2.06. The van der Waals surface area contributed by atoms with Crippen molar-refractivity contribution in [2.75, 3.05) is 12.3 Å². The average molecular weight is 287 g/mol. The van der Waals surface area contributed by atoms with Crippen molar-refractivity contribution in [3.8, 4) is 0 Å². The fourth-order valence-electron chi connectivity index (χ4n) is 2.92. The van der Waals surface area contributed by atoms with Gasteiger partial charge in [-0.05, 0) is 44.4 Å². The van der Waals surface area contributed by atoms with Crippen LogP contribution in [0.15, 0.2) is 0 Å². The standard InChI is InChI=1S/C15H29NO2S/c1-3-15(14(17)18,16-4-2)11-8-12-19-13-9-6-5-7-10-13/h13,16H,3-12H2,1-2H3,(H,17,18). The summed E-state index contributed by atoms with van der Waals surface area (Å²) < 4.78 is 0. The quantitative estimate of drug-likeness (QED) is 0.635. The van der Waals surface area contributed by atoms with Crippen LogP contribution in [0.25, 0.3) is 0 Å². The van der Waals surface area contributed by atoms with E-state index in [2.05, 4.69) is 17.1 Å². The van der Waals surface area contributed by atoms with Gasteiger partial charge in [-0.25, -0.2) is 0 Å². The van der Waals surface area contributed by atoms with E-state index in [4.69, 9.17) is 0 Å². The van der Waals surface area contributed by atoms with Crippen LogP contribution in [-0.4, -0.2) is 34.2 Å². The van der Waals surface area contributed by atoms with Crippen LogP contribution in [0.4, 0.5) is 0 Å². The molecule has 112 valence electrons. The zero-order valence-corrected chi connectivity index (χ0v) is 13.2. The molecule has 0 heterocycles. The Kier molecular flexibility index (Phi) is 7.84. The molecule has 1 aliphatic carbocycles. The van der Waals surface area contributed by atoms with Gasteiger partial charge in [0, 0.05) is 5.25 Å². The molecule has 1 aliphatic rings. The van der Waals surface area contributed by atoms with Crippen molar-refractivity contribution in [3.63, 3.8) is 0 Å². The van der Waals surface area contributed by atoms with E-state index >= 15 is 0 Å². The molecule has 0 aromatic carbocycles. The summed E-state index contributed by atoms with van der Waals surface area (Å²) in [5.41, 5.74) is -0.706. The van der Waals surface area contributed by atoms with Crippen LogP contribution < -0.4 is 5.32 Å². The SMILES string of the molecule is CCNC(CC)(CCCSC1CCCCC1)C(=O)O. The van der Waals surface area contributed by atoms with Crippen LogP contribution in [-0.2, 0) is 4.79 Å². The summed E-state index contributed by atoms with van der Waals surface area (Å²) in [7, 11) is 0. The number of rotatable bonds is 9. The first-order valence-corrected chi connectivity index (χ1v) is 8.79. The maximum atomic E-state index is 11.5. The Balaban J connectivity index is 2.29. The average Bonchev–Trinajstić information content (AvgIpc) is 2.43. The first-order chi connectivity index (χ1) is 9.14. The highest BCUT2D eigenvalue weighted by Gasteiger charge is 2.34. The number of nitrogens with one attached hydrogen (secondary N) is 1. The van der Waals surface area contributed by atoms with Crippen LogP contribution in [0, 0.1) is 0 Å². The molecule has 1 saturated carbocycles. The van der Waals surface area contributed by atoms with E-state index in [9.17, 15) is 9.90 Å². The van der Waals surface area contributed by atoms with Crippen molar-refractivity contribution in [1.29, 1.82) is 0 Å². The highest BCUT2D eigenvalue weighted by atomic mass is 32.2. The van der Waals surface area contributed by atoms with E-state index in [0.717, 1.165) is 30.4 Å². The van der Waals surface area contributed by atoms with E-state index in [0.29, 0.717) is 6.42 Å². The lowest BCUT2D eigenvalue weighted by Crippen LogP contribution is -2.51. The Morgan fingerprint density at radius 1 is 1.32 bits per heavy atom.